The fourth-order valence-electron chi connectivity index (χ4n) is 3.52. The summed E-state index contributed by atoms with van der Waals surface area (Å²) < 4.78 is 13.6. The van der Waals surface area contributed by atoms with Gasteiger partial charge in [-0.3, -0.25) is 9.69 Å². The molecule has 0 saturated carbocycles. The van der Waals surface area contributed by atoms with Crippen LogP contribution in [0.2, 0.25) is 0 Å². The Labute approximate surface area is 167 Å². The number of hydrogen-bond donors (Lipinski definition) is 1. The number of hydrogen-bond acceptors (Lipinski definition) is 3. The van der Waals surface area contributed by atoms with Crippen LogP contribution < -0.4 is 5.32 Å². The van der Waals surface area contributed by atoms with Gasteiger partial charge in [0.2, 0.25) is 5.91 Å². The Morgan fingerprint density at radius 3 is 2.29 bits per heavy atom. The fraction of sp³-hybridized carbons (Fsp3) is 0.435. The molecule has 0 unspecified atom stereocenters. The second-order valence-electron chi connectivity index (χ2n) is 7.40. The molecule has 3 rings (SSSR count). The lowest BCUT2D eigenvalue weighted by molar-refractivity contribution is -0.121. The number of nitrogens with zero attached hydrogens (tertiary/aromatic N) is 2. The smallest absolute Gasteiger partial charge is 0.220 e. The van der Waals surface area contributed by atoms with Crippen LogP contribution in [0, 0.1) is 5.82 Å². The van der Waals surface area contributed by atoms with Gasteiger partial charge >= 0.3 is 0 Å². The molecule has 2 aromatic rings. The highest BCUT2D eigenvalue weighted by Crippen LogP contribution is 2.11. The van der Waals surface area contributed by atoms with Crippen LogP contribution in [0.3, 0.4) is 0 Å². The van der Waals surface area contributed by atoms with E-state index in [1.54, 1.807) is 18.2 Å². The molecule has 0 radical (unpaired) electrons. The molecule has 0 atom stereocenters. The molecule has 150 valence electrons. The number of carbonyl (C=O) groups excluding carboxylic acids is 1. The molecule has 1 amide bonds. The summed E-state index contributed by atoms with van der Waals surface area (Å²) in [4.78, 5) is 17.0. The highest BCUT2D eigenvalue weighted by molar-refractivity contribution is 5.76. The summed E-state index contributed by atoms with van der Waals surface area (Å²) in [5.41, 5.74) is 2.97. The predicted molar refractivity (Wildman–Crippen MR) is 110 cm³/mol. The normalized spacial score (nSPS) is 15.5. The molecule has 1 N–H and O–H groups in total. The molecule has 0 aromatic heterocycles. The number of rotatable bonds is 8. The van der Waals surface area contributed by atoms with E-state index in [2.05, 4.69) is 46.3 Å². The topological polar surface area (TPSA) is 35.6 Å². The Balaban J connectivity index is 1.39. The number of nitrogens with one attached hydrogen (secondary N) is 1. The molecule has 1 saturated heterocycles. The first-order chi connectivity index (χ1) is 13.6. The first-order valence-electron chi connectivity index (χ1n) is 10.2. The van der Waals surface area contributed by atoms with Crippen molar-refractivity contribution in [1.29, 1.82) is 0 Å². The van der Waals surface area contributed by atoms with Crippen molar-refractivity contribution in [2.24, 2.45) is 0 Å². The molecule has 1 aliphatic rings. The third-order valence-electron chi connectivity index (χ3n) is 5.41. The van der Waals surface area contributed by atoms with Crippen molar-refractivity contribution in [3.05, 3.63) is 71.0 Å². The summed E-state index contributed by atoms with van der Waals surface area (Å²) in [5.74, 6) is -0.303. The van der Waals surface area contributed by atoms with E-state index in [4.69, 9.17) is 0 Å². The first kappa shape index (κ1) is 20.5. The Morgan fingerprint density at radius 2 is 1.61 bits per heavy atom. The van der Waals surface area contributed by atoms with Crippen LogP contribution in [0.4, 0.5) is 4.39 Å². The fourth-order valence-corrected chi connectivity index (χ4v) is 3.52. The predicted octanol–water partition coefficient (Wildman–Crippen LogP) is 3.21. The SMILES string of the molecule is CCN1CCN(Cc2ccc(CNC(=O)CCc3ccccc3F)cc2)CC1. The number of carbonyl (C=O) groups is 1. The van der Waals surface area contributed by atoms with Gasteiger partial charge in [0, 0.05) is 45.7 Å². The van der Waals surface area contributed by atoms with Crippen LogP contribution in [0.5, 0.6) is 0 Å². The van der Waals surface area contributed by atoms with E-state index in [9.17, 15) is 9.18 Å². The molecule has 2 aromatic carbocycles. The molecule has 28 heavy (non-hydrogen) atoms. The highest BCUT2D eigenvalue weighted by Gasteiger charge is 2.15. The van der Waals surface area contributed by atoms with Gasteiger partial charge in [0.15, 0.2) is 0 Å². The number of benzene rings is 2. The number of aryl methyl sites for hydroxylation is 1. The van der Waals surface area contributed by atoms with Crippen LogP contribution in [-0.2, 0) is 24.3 Å². The van der Waals surface area contributed by atoms with Crippen molar-refractivity contribution in [1.82, 2.24) is 15.1 Å². The van der Waals surface area contributed by atoms with E-state index in [-0.39, 0.29) is 11.7 Å². The summed E-state index contributed by atoms with van der Waals surface area (Å²) in [6.45, 7) is 9.36. The summed E-state index contributed by atoms with van der Waals surface area (Å²) in [5, 5.41) is 2.92. The van der Waals surface area contributed by atoms with Gasteiger partial charge in [0.25, 0.3) is 0 Å². The van der Waals surface area contributed by atoms with E-state index < -0.39 is 0 Å². The summed E-state index contributed by atoms with van der Waals surface area (Å²) >= 11 is 0. The van der Waals surface area contributed by atoms with Gasteiger partial charge in [-0.25, -0.2) is 4.39 Å². The molecular weight excluding hydrogens is 353 g/mol. The average Bonchev–Trinajstić information content (AvgIpc) is 2.73. The molecule has 1 fully saturated rings. The minimum atomic E-state index is -0.248. The maximum atomic E-state index is 13.6. The monoisotopic (exact) mass is 383 g/mol. The van der Waals surface area contributed by atoms with Gasteiger partial charge in [-0.15, -0.1) is 0 Å². The van der Waals surface area contributed by atoms with Crippen LogP contribution in [0.1, 0.15) is 30.0 Å². The maximum Gasteiger partial charge on any atom is 0.220 e. The van der Waals surface area contributed by atoms with Gasteiger partial charge in [0.1, 0.15) is 5.82 Å². The average molecular weight is 384 g/mol. The Kier molecular flexibility index (Phi) is 7.57. The van der Waals surface area contributed by atoms with Crippen molar-refractivity contribution in [2.75, 3.05) is 32.7 Å². The third-order valence-corrected chi connectivity index (χ3v) is 5.41. The van der Waals surface area contributed by atoms with Gasteiger partial charge in [-0.1, -0.05) is 49.4 Å². The zero-order valence-corrected chi connectivity index (χ0v) is 16.7. The molecule has 1 aliphatic heterocycles. The molecular formula is C23H30FN3O. The number of likely N-dealkylation sites (N-methyl/N-ethyl adjacent to an activating group) is 1. The zero-order valence-electron chi connectivity index (χ0n) is 16.7. The van der Waals surface area contributed by atoms with Crippen molar-refractivity contribution < 1.29 is 9.18 Å². The van der Waals surface area contributed by atoms with Crippen LogP contribution in [-0.4, -0.2) is 48.4 Å². The van der Waals surface area contributed by atoms with Crippen LogP contribution >= 0.6 is 0 Å². The Morgan fingerprint density at radius 1 is 0.964 bits per heavy atom. The largest absolute Gasteiger partial charge is 0.352 e. The lowest BCUT2D eigenvalue weighted by atomic mass is 10.1. The van der Waals surface area contributed by atoms with Gasteiger partial charge in [-0.2, -0.15) is 0 Å². The van der Waals surface area contributed by atoms with E-state index in [0.717, 1.165) is 44.8 Å². The van der Waals surface area contributed by atoms with Crippen molar-refractivity contribution in [3.63, 3.8) is 0 Å². The second kappa shape index (κ2) is 10.3. The lowest BCUT2D eigenvalue weighted by Crippen LogP contribution is -2.45. The summed E-state index contributed by atoms with van der Waals surface area (Å²) in [6.07, 6.45) is 0.714. The number of halogens is 1. The number of piperazine rings is 1. The van der Waals surface area contributed by atoms with Crippen molar-refractivity contribution in [3.8, 4) is 0 Å². The van der Waals surface area contributed by atoms with Crippen molar-refractivity contribution >= 4 is 5.91 Å². The minimum absolute atomic E-state index is 0.0545. The van der Waals surface area contributed by atoms with Gasteiger partial charge in [-0.05, 0) is 35.7 Å². The maximum absolute atomic E-state index is 13.6. The van der Waals surface area contributed by atoms with E-state index in [0.29, 0.717) is 24.9 Å². The Bertz CT molecular complexity index is 755. The van der Waals surface area contributed by atoms with Gasteiger partial charge < -0.3 is 10.2 Å². The summed E-state index contributed by atoms with van der Waals surface area (Å²) in [6, 6.07) is 15.1. The van der Waals surface area contributed by atoms with Crippen LogP contribution in [0.15, 0.2) is 48.5 Å². The zero-order chi connectivity index (χ0) is 19.8. The van der Waals surface area contributed by atoms with Crippen molar-refractivity contribution in [2.45, 2.75) is 32.9 Å². The van der Waals surface area contributed by atoms with Gasteiger partial charge in [0.05, 0.1) is 0 Å². The van der Waals surface area contributed by atoms with E-state index in [1.165, 1.54) is 11.6 Å². The Hall–Kier alpha value is -2.24. The van der Waals surface area contributed by atoms with Crippen LogP contribution in [0.25, 0.3) is 0 Å². The molecule has 5 heteroatoms. The minimum Gasteiger partial charge on any atom is -0.352 e. The number of amides is 1. The molecule has 1 heterocycles. The highest BCUT2D eigenvalue weighted by atomic mass is 19.1. The molecule has 4 nitrogen and oxygen atoms in total. The quantitative estimate of drug-likeness (QED) is 0.760. The molecule has 0 spiro atoms. The third kappa shape index (κ3) is 6.14. The first-order valence-corrected chi connectivity index (χ1v) is 10.2. The molecule has 0 bridgehead atoms. The lowest BCUT2D eigenvalue weighted by Gasteiger charge is -2.34. The second-order valence-corrected chi connectivity index (χ2v) is 7.40. The van der Waals surface area contributed by atoms with E-state index >= 15 is 0 Å². The summed E-state index contributed by atoms with van der Waals surface area (Å²) in [7, 11) is 0. The standard InChI is InChI=1S/C23H30FN3O/c1-2-26-13-15-27(16-14-26)18-20-9-7-19(8-10-20)17-25-23(28)12-11-21-5-3-4-6-22(21)24/h3-10H,2,11-18H2,1H3,(H,25,28). The molecule has 0 aliphatic carbocycles. The van der Waals surface area contributed by atoms with E-state index in [1.807, 2.05) is 0 Å².